The summed E-state index contributed by atoms with van der Waals surface area (Å²) in [7, 11) is -4.07. The first kappa shape index (κ1) is 25.0. The zero-order valence-electron chi connectivity index (χ0n) is 20.8. The second-order valence-corrected chi connectivity index (χ2v) is 12.0. The molecule has 0 aliphatic carbocycles. The summed E-state index contributed by atoms with van der Waals surface area (Å²) in [5, 5.41) is 11.8. The Hall–Kier alpha value is -3.68. The molecule has 0 atom stereocenters. The van der Waals surface area contributed by atoms with Gasteiger partial charge in [-0.2, -0.15) is 4.31 Å². The quantitative estimate of drug-likeness (QED) is 0.332. The summed E-state index contributed by atoms with van der Waals surface area (Å²) in [5.74, 6) is -0.541. The average molecular weight is 516 g/mol. The average Bonchev–Trinajstić information content (AvgIpc) is 2.87. The van der Waals surface area contributed by atoms with Gasteiger partial charge in [0, 0.05) is 6.54 Å². The standard InChI is InChI=1S/C30H29NO5S/c1-30(2)15-14-26-18-27(12-13-28(26)36-30)37(34,35)31(20-29(32)33)19-21-6-5-9-23(16-21)25-11-10-22-7-3-4-8-24(22)17-25/h3-13,16-18H,14-15,19-20H2,1-2H3,(H,32,33). The molecule has 0 saturated heterocycles. The summed E-state index contributed by atoms with van der Waals surface area (Å²) in [5.41, 5.74) is 3.15. The summed E-state index contributed by atoms with van der Waals surface area (Å²) in [6, 6.07) is 26.6. The van der Waals surface area contributed by atoms with Crippen LogP contribution >= 0.6 is 0 Å². The van der Waals surface area contributed by atoms with Crippen molar-refractivity contribution in [2.45, 2.75) is 43.7 Å². The number of sulfonamides is 1. The third-order valence-corrected chi connectivity index (χ3v) is 8.52. The number of aliphatic carboxylic acids is 1. The fraction of sp³-hybridized carbons (Fsp3) is 0.233. The molecule has 37 heavy (non-hydrogen) atoms. The van der Waals surface area contributed by atoms with Crippen LogP contribution in [0.25, 0.3) is 21.9 Å². The molecule has 0 saturated carbocycles. The largest absolute Gasteiger partial charge is 0.488 e. The van der Waals surface area contributed by atoms with E-state index in [1.54, 1.807) is 12.1 Å². The number of aryl methyl sites for hydroxylation is 1. The van der Waals surface area contributed by atoms with E-state index in [0.717, 1.165) is 38.2 Å². The van der Waals surface area contributed by atoms with Crippen molar-refractivity contribution in [3.63, 3.8) is 0 Å². The molecule has 4 aromatic rings. The summed E-state index contributed by atoms with van der Waals surface area (Å²) < 4.78 is 34.2. The minimum Gasteiger partial charge on any atom is -0.488 e. The van der Waals surface area contributed by atoms with E-state index in [4.69, 9.17) is 4.74 Å². The Morgan fingerprint density at radius 3 is 2.46 bits per heavy atom. The molecule has 0 spiro atoms. The third kappa shape index (κ3) is 5.38. The number of fused-ring (bicyclic) bond motifs is 2. The van der Waals surface area contributed by atoms with Gasteiger partial charge in [0.15, 0.2) is 0 Å². The van der Waals surface area contributed by atoms with Crippen LogP contribution in [0.1, 0.15) is 31.4 Å². The first-order valence-corrected chi connectivity index (χ1v) is 13.7. The van der Waals surface area contributed by atoms with Crippen molar-refractivity contribution < 1.29 is 23.1 Å². The van der Waals surface area contributed by atoms with E-state index in [1.165, 1.54) is 6.07 Å². The van der Waals surface area contributed by atoms with Crippen LogP contribution in [-0.2, 0) is 27.8 Å². The van der Waals surface area contributed by atoms with Gasteiger partial charge in [-0.25, -0.2) is 8.42 Å². The van der Waals surface area contributed by atoms with Crippen molar-refractivity contribution in [1.29, 1.82) is 0 Å². The topological polar surface area (TPSA) is 83.9 Å². The van der Waals surface area contributed by atoms with Gasteiger partial charge in [-0.15, -0.1) is 0 Å². The van der Waals surface area contributed by atoms with Gasteiger partial charge in [-0.1, -0.05) is 54.6 Å². The second kappa shape index (κ2) is 9.65. The fourth-order valence-corrected chi connectivity index (χ4v) is 6.17. The van der Waals surface area contributed by atoms with Crippen LogP contribution in [0.4, 0.5) is 0 Å². The maximum atomic E-state index is 13.6. The summed E-state index contributed by atoms with van der Waals surface area (Å²) in [6.45, 7) is 3.31. The lowest BCUT2D eigenvalue weighted by Crippen LogP contribution is -2.36. The van der Waals surface area contributed by atoms with Gasteiger partial charge in [0.25, 0.3) is 0 Å². The first-order chi connectivity index (χ1) is 17.6. The molecule has 1 aliphatic heterocycles. The Morgan fingerprint density at radius 1 is 0.919 bits per heavy atom. The molecule has 4 aromatic carbocycles. The summed E-state index contributed by atoms with van der Waals surface area (Å²) in [4.78, 5) is 11.7. The number of hydrogen-bond acceptors (Lipinski definition) is 4. The van der Waals surface area contributed by atoms with Crippen LogP contribution in [0.5, 0.6) is 5.75 Å². The number of rotatable bonds is 7. The normalized spacial score (nSPS) is 14.8. The van der Waals surface area contributed by atoms with Crippen LogP contribution in [0.15, 0.2) is 89.8 Å². The lowest BCUT2D eigenvalue weighted by molar-refractivity contribution is -0.137. The summed E-state index contributed by atoms with van der Waals surface area (Å²) >= 11 is 0. The summed E-state index contributed by atoms with van der Waals surface area (Å²) in [6.07, 6.45) is 1.46. The molecule has 1 heterocycles. The van der Waals surface area contributed by atoms with Crippen LogP contribution in [-0.4, -0.2) is 35.9 Å². The third-order valence-electron chi connectivity index (χ3n) is 6.73. The SMILES string of the molecule is CC1(C)CCc2cc(S(=O)(=O)N(CC(=O)O)Cc3cccc(-c4ccc5ccccc5c4)c3)ccc2O1. The molecule has 1 N–H and O–H groups in total. The minimum atomic E-state index is -4.07. The zero-order chi connectivity index (χ0) is 26.2. The highest BCUT2D eigenvalue weighted by Gasteiger charge is 2.31. The fourth-order valence-electron chi connectivity index (χ4n) is 4.74. The molecule has 6 nitrogen and oxygen atoms in total. The van der Waals surface area contributed by atoms with E-state index in [9.17, 15) is 18.3 Å². The molecular weight excluding hydrogens is 486 g/mol. The van der Waals surface area contributed by atoms with Gasteiger partial charge < -0.3 is 9.84 Å². The molecule has 1 aliphatic rings. The number of carboxylic acids is 1. The monoisotopic (exact) mass is 515 g/mol. The van der Waals surface area contributed by atoms with Crippen molar-refractivity contribution in [3.05, 3.63) is 96.1 Å². The highest BCUT2D eigenvalue weighted by molar-refractivity contribution is 7.89. The number of carboxylic acid groups (broad SMARTS) is 1. The van der Waals surface area contributed by atoms with E-state index in [1.807, 2.05) is 56.3 Å². The lowest BCUT2D eigenvalue weighted by atomic mass is 9.94. The maximum absolute atomic E-state index is 13.6. The Kier molecular flexibility index (Phi) is 6.52. The predicted octanol–water partition coefficient (Wildman–Crippen LogP) is 5.89. The Bertz CT molecular complexity index is 1590. The van der Waals surface area contributed by atoms with E-state index in [0.29, 0.717) is 17.7 Å². The molecule has 190 valence electrons. The molecule has 0 aromatic heterocycles. The molecule has 7 heteroatoms. The maximum Gasteiger partial charge on any atom is 0.318 e. The van der Waals surface area contributed by atoms with Crippen molar-refractivity contribution in [1.82, 2.24) is 4.31 Å². The Balaban J connectivity index is 1.45. The number of ether oxygens (including phenoxy) is 1. The molecule has 0 unspecified atom stereocenters. The lowest BCUT2D eigenvalue weighted by Gasteiger charge is -2.33. The molecule has 0 fully saturated rings. The molecule has 0 amide bonds. The predicted molar refractivity (Wildman–Crippen MR) is 144 cm³/mol. The Morgan fingerprint density at radius 2 is 1.68 bits per heavy atom. The molecule has 5 rings (SSSR count). The Labute approximate surface area is 217 Å². The number of carbonyl (C=O) groups is 1. The van der Waals surface area contributed by atoms with Crippen LogP contribution in [0.2, 0.25) is 0 Å². The number of benzene rings is 4. The first-order valence-electron chi connectivity index (χ1n) is 12.2. The molecule has 0 bridgehead atoms. The van der Waals surface area contributed by atoms with Crippen LogP contribution < -0.4 is 4.74 Å². The van der Waals surface area contributed by atoms with E-state index < -0.39 is 22.5 Å². The van der Waals surface area contributed by atoms with Crippen molar-refractivity contribution in [3.8, 4) is 16.9 Å². The van der Waals surface area contributed by atoms with E-state index >= 15 is 0 Å². The van der Waals surface area contributed by atoms with Crippen LogP contribution in [0, 0.1) is 0 Å². The van der Waals surface area contributed by atoms with Crippen molar-refractivity contribution in [2.75, 3.05) is 6.54 Å². The molecular formula is C30H29NO5S. The van der Waals surface area contributed by atoms with E-state index in [-0.39, 0.29) is 17.0 Å². The highest BCUT2D eigenvalue weighted by atomic mass is 32.2. The minimum absolute atomic E-state index is 0.0589. The number of nitrogens with zero attached hydrogens (tertiary/aromatic N) is 1. The van der Waals surface area contributed by atoms with Crippen molar-refractivity contribution in [2.24, 2.45) is 0 Å². The zero-order valence-corrected chi connectivity index (χ0v) is 21.7. The number of hydrogen-bond donors (Lipinski definition) is 1. The van der Waals surface area contributed by atoms with Gasteiger partial charge in [0.1, 0.15) is 17.9 Å². The van der Waals surface area contributed by atoms with Gasteiger partial charge >= 0.3 is 5.97 Å². The van der Waals surface area contributed by atoms with Crippen molar-refractivity contribution >= 4 is 26.8 Å². The smallest absolute Gasteiger partial charge is 0.318 e. The van der Waals surface area contributed by atoms with E-state index in [2.05, 4.69) is 24.3 Å². The van der Waals surface area contributed by atoms with Gasteiger partial charge in [0.05, 0.1) is 4.90 Å². The van der Waals surface area contributed by atoms with Gasteiger partial charge in [0.2, 0.25) is 10.0 Å². The van der Waals surface area contributed by atoms with Gasteiger partial charge in [-0.05, 0) is 90.0 Å². The highest BCUT2D eigenvalue weighted by Crippen LogP contribution is 2.35. The van der Waals surface area contributed by atoms with Crippen LogP contribution in [0.3, 0.4) is 0 Å². The van der Waals surface area contributed by atoms with Gasteiger partial charge in [-0.3, -0.25) is 4.79 Å². The molecule has 0 radical (unpaired) electrons. The second-order valence-electron chi connectivity index (χ2n) is 10.1.